The lowest BCUT2D eigenvalue weighted by Crippen LogP contribution is -2.29. The zero-order valence-corrected chi connectivity index (χ0v) is 20.1. The first-order valence-corrected chi connectivity index (χ1v) is 12.2. The number of esters is 2. The molecule has 1 fully saturated rings. The molecule has 1 atom stereocenters. The number of rotatable bonds is 6. The number of thiophene rings is 1. The summed E-state index contributed by atoms with van der Waals surface area (Å²) < 4.78 is 12.3. The first-order chi connectivity index (χ1) is 15.9. The van der Waals surface area contributed by atoms with Crippen molar-refractivity contribution in [3.05, 3.63) is 62.0 Å². The normalized spacial score (nSPS) is 15.4. The third kappa shape index (κ3) is 4.96. The van der Waals surface area contributed by atoms with E-state index in [1.165, 1.54) is 17.3 Å². The van der Waals surface area contributed by atoms with Crippen LogP contribution in [0.3, 0.4) is 0 Å². The van der Waals surface area contributed by atoms with E-state index in [9.17, 15) is 14.4 Å². The van der Waals surface area contributed by atoms with Gasteiger partial charge in [-0.2, -0.15) is 0 Å². The van der Waals surface area contributed by atoms with Crippen LogP contribution in [0.5, 0.6) is 0 Å². The molecule has 1 aromatic carbocycles. The van der Waals surface area contributed by atoms with Crippen molar-refractivity contribution in [2.45, 2.75) is 64.7 Å². The van der Waals surface area contributed by atoms with Crippen molar-refractivity contribution in [2.24, 2.45) is 0 Å². The van der Waals surface area contributed by atoms with Crippen molar-refractivity contribution in [3.8, 4) is 0 Å². The Morgan fingerprint density at radius 1 is 1.24 bits per heavy atom. The van der Waals surface area contributed by atoms with Gasteiger partial charge in [0, 0.05) is 10.6 Å². The summed E-state index contributed by atoms with van der Waals surface area (Å²) in [6.07, 6.45) is 6.26. The van der Waals surface area contributed by atoms with Gasteiger partial charge in [-0.05, 0) is 51.2 Å². The van der Waals surface area contributed by atoms with Crippen LogP contribution in [0.4, 0.5) is 0 Å². The largest absolute Gasteiger partial charge is 0.459 e. The minimum absolute atomic E-state index is 0.00189. The maximum atomic E-state index is 13.2. The van der Waals surface area contributed by atoms with Gasteiger partial charge >= 0.3 is 11.9 Å². The van der Waals surface area contributed by atoms with E-state index in [1.807, 2.05) is 0 Å². The van der Waals surface area contributed by atoms with E-state index in [0.717, 1.165) is 37.0 Å². The Morgan fingerprint density at radius 3 is 2.70 bits per heavy atom. The number of nitrogens with zero attached hydrogens (tertiary/aromatic N) is 2. The van der Waals surface area contributed by atoms with Crippen molar-refractivity contribution in [3.63, 3.8) is 0 Å². The summed E-state index contributed by atoms with van der Waals surface area (Å²) in [5.41, 5.74) is 0.808. The molecule has 0 radical (unpaired) electrons. The standard InChI is InChI=1S/C24H25ClN2O5S/c1-14-19-21(33-20(14)24(30)32-17-9-4-3-5-10-17)26-13-27(22(19)28)15(2)23(29)31-12-16-8-6-7-11-18(16)25/h6-8,11,13,15,17H,3-5,9-10,12H2,1-2H3. The van der Waals surface area contributed by atoms with Gasteiger partial charge in [0.2, 0.25) is 0 Å². The van der Waals surface area contributed by atoms with Gasteiger partial charge in [0.1, 0.15) is 28.5 Å². The molecule has 1 saturated carbocycles. The van der Waals surface area contributed by atoms with Crippen LogP contribution in [0.2, 0.25) is 5.02 Å². The lowest BCUT2D eigenvalue weighted by Gasteiger charge is -2.21. The number of carbonyl (C=O) groups is 2. The number of hydrogen-bond acceptors (Lipinski definition) is 7. The van der Waals surface area contributed by atoms with Crippen LogP contribution in [-0.4, -0.2) is 27.6 Å². The molecule has 0 amide bonds. The van der Waals surface area contributed by atoms with Gasteiger partial charge in [-0.3, -0.25) is 9.36 Å². The van der Waals surface area contributed by atoms with E-state index in [2.05, 4.69) is 4.98 Å². The van der Waals surface area contributed by atoms with E-state index in [4.69, 9.17) is 21.1 Å². The minimum atomic E-state index is -0.895. The third-order valence-electron chi connectivity index (χ3n) is 5.97. The van der Waals surface area contributed by atoms with Gasteiger partial charge in [0.25, 0.3) is 5.56 Å². The van der Waals surface area contributed by atoms with Crippen LogP contribution in [0.15, 0.2) is 35.4 Å². The SMILES string of the molecule is Cc1c(C(=O)OC2CCCCC2)sc2ncn(C(C)C(=O)OCc3ccccc3Cl)c(=O)c12. The van der Waals surface area contributed by atoms with E-state index >= 15 is 0 Å². The maximum absolute atomic E-state index is 13.2. The molecule has 33 heavy (non-hydrogen) atoms. The van der Waals surface area contributed by atoms with Crippen LogP contribution in [-0.2, 0) is 20.9 Å². The molecule has 7 nitrogen and oxygen atoms in total. The molecule has 4 rings (SSSR count). The second-order valence-corrected chi connectivity index (χ2v) is 9.64. The van der Waals surface area contributed by atoms with E-state index < -0.39 is 23.5 Å². The highest BCUT2D eigenvalue weighted by molar-refractivity contribution is 7.20. The summed E-state index contributed by atoms with van der Waals surface area (Å²) in [5.74, 6) is -0.997. The van der Waals surface area contributed by atoms with Crippen molar-refractivity contribution in [2.75, 3.05) is 0 Å². The molecular formula is C24H25ClN2O5S. The summed E-state index contributed by atoms with van der Waals surface area (Å²) in [5, 5.41) is 0.823. The quantitative estimate of drug-likeness (QED) is 0.442. The Kier molecular flexibility index (Phi) is 7.14. The number of fused-ring (bicyclic) bond motifs is 1. The molecule has 0 spiro atoms. The first-order valence-electron chi connectivity index (χ1n) is 11.0. The average Bonchev–Trinajstić information content (AvgIpc) is 3.16. The van der Waals surface area contributed by atoms with E-state index in [-0.39, 0.29) is 12.7 Å². The minimum Gasteiger partial charge on any atom is -0.459 e. The molecule has 174 valence electrons. The summed E-state index contributed by atoms with van der Waals surface area (Å²) in [4.78, 5) is 43.7. The molecule has 1 aliphatic rings. The summed E-state index contributed by atoms with van der Waals surface area (Å²) in [6, 6.07) is 6.18. The van der Waals surface area contributed by atoms with Crippen LogP contribution in [0, 0.1) is 6.92 Å². The van der Waals surface area contributed by atoms with Crippen molar-refractivity contribution in [1.82, 2.24) is 9.55 Å². The van der Waals surface area contributed by atoms with Gasteiger partial charge < -0.3 is 9.47 Å². The fraction of sp³-hybridized carbons (Fsp3) is 0.417. The van der Waals surface area contributed by atoms with Crippen LogP contribution in [0.1, 0.15) is 65.9 Å². The van der Waals surface area contributed by atoms with Crippen LogP contribution >= 0.6 is 22.9 Å². The Labute approximate surface area is 200 Å². The monoisotopic (exact) mass is 488 g/mol. The number of benzene rings is 1. The highest BCUT2D eigenvalue weighted by Gasteiger charge is 2.26. The van der Waals surface area contributed by atoms with Gasteiger partial charge in [-0.1, -0.05) is 36.2 Å². The maximum Gasteiger partial charge on any atom is 0.348 e. The van der Waals surface area contributed by atoms with Crippen LogP contribution < -0.4 is 5.56 Å². The molecule has 2 heterocycles. The highest BCUT2D eigenvalue weighted by atomic mass is 35.5. The predicted octanol–water partition coefficient (Wildman–Crippen LogP) is 5.21. The fourth-order valence-electron chi connectivity index (χ4n) is 3.99. The highest BCUT2D eigenvalue weighted by Crippen LogP contribution is 2.30. The Hall–Kier alpha value is -2.71. The van der Waals surface area contributed by atoms with Gasteiger partial charge in [0.05, 0.1) is 11.7 Å². The van der Waals surface area contributed by atoms with Gasteiger partial charge in [-0.25, -0.2) is 14.6 Å². The number of halogens is 1. The average molecular weight is 489 g/mol. The van der Waals surface area contributed by atoms with Crippen LogP contribution in [0.25, 0.3) is 10.2 Å². The fourth-order valence-corrected chi connectivity index (χ4v) is 5.21. The molecule has 0 saturated heterocycles. The third-order valence-corrected chi connectivity index (χ3v) is 7.52. The van der Waals surface area contributed by atoms with Gasteiger partial charge in [0.15, 0.2) is 0 Å². The van der Waals surface area contributed by atoms with E-state index in [0.29, 0.717) is 31.2 Å². The van der Waals surface area contributed by atoms with Crippen molar-refractivity contribution < 1.29 is 19.1 Å². The number of carbonyl (C=O) groups excluding carboxylic acids is 2. The molecular weight excluding hydrogens is 464 g/mol. The molecule has 3 aromatic rings. The zero-order chi connectivity index (χ0) is 23.5. The summed E-state index contributed by atoms with van der Waals surface area (Å²) in [7, 11) is 0. The summed E-state index contributed by atoms with van der Waals surface area (Å²) >= 11 is 7.25. The van der Waals surface area contributed by atoms with Crippen molar-refractivity contribution >= 4 is 45.1 Å². The molecule has 0 aliphatic heterocycles. The van der Waals surface area contributed by atoms with Gasteiger partial charge in [-0.15, -0.1) is 11.3 Å². The Morgan fingerprint density at radius 2 is 1.97 bits per heavy atom. The second-order valence-electron chi connectivity index (χ2n) is 8.23. The predicted molar refractivity (Wildman–Crippen MR) is 127 cm³/mol. The molecule has 9 heteroatoms. The number of aromatic nitrogens is 2. The molecule has 0 N–H and O–H groups in total. The topological polar surface area (TPSA) is 87.5 Å². The first kappa shape index (κ1) is 23.4. The number of aryl methyl sites for hydroxylation is 1. The number of ether oxygens (including phenoxy) is 2. The Bertz CT molecular complexity index is 1250. The zero-order valence-electron chi connectivity index (χ0n) is 18.5. The smallest absolute Gasteiger partial charge is 0.348 e. The molecule has 1 unspecified atom stereocenters. The Balaban J connectivity index is 1.54. The lowest BCUT2D eigenvalue weighted by molar-refractivity contribution is -0.148. The number of hydrogen-bond donors (Lipinski definition) is 0. The molecule has 0 bridgehead atoms. The summed E-state index contributed by atoms with van der Waals surface area (Å²) in [6.45, 7) is 3.29. The van der Waals surface area contributed by atoms with Crippen molar-refractivity contribution in [1.29, 1.82) is 0 Å². The molecule has 1 aliphatic carbocycles. The molecule has 2 aromatic heterocycles. The lowest BCUT2D eigenvalue weighted by atomic mass is 9.98. The van der Waals surface area contributed by atoms with E-state index in [1.54, 1.807) is 38.1 Å². The second kappa shape index (κ2) is 10.1.